The fraction of sp³-hybridized carbons (Fsp3) is 0.625. The summed E-state index contributed by atoms with van der Waals surface area (Å²) in [5.74, 6) is -0.522. The summed E-state index contributed by atoms with van der Waals surface area (Å²) in [5, 5.41) is 23.4. The van der Waals surface area contributed by atoms with Crippen LogP contribution in [0.15, 0.2) is 6.20 Å². The largest absolute Gasteiger partial charge is 0.487 e. The molecule has 0 amide bonds. The van der Waals surface area contributed by atoms with E-state index in [2.05, 4.69) is 5.10 Å². The van der Waals surface area contributed by atoms with Crippen LogP contribution in [0, 0.1) is 10.1 Å². The normalized spacial score (nSPS) is 17.9. The lowest BCUT2D eigenvalue weighted by atomic mass is 10.1. The molecule has 2 rings (SSSR count). The molecule has 1 aromatic rings. The van der Waals surface area contributed by atoms with Gasteiger partial charge in [0.2, 0.25) is 0 Å². The van der Waals surface area contributed by atoms with Crippen LogP contribution in [-0.4, -0.2) is 33.0 Å². The third kappa shape index (κ3) is 1.91. The summed E-state index contributed by atoms with van der Waals surface area (Å²) in [7, 11) is 0. The van der Waals surface area contributed by atoms with E-state index in [0.29, 0.717) is 13.2 Å². The Morgan fingerprint density at radius 2 is 2.27 bits per heavy atom. The molecule has 1 saturated heterocycles. The Hall–Kier alpha value is -1.63. The quantitative estimate of drug-likeness (QED) is 0.580. The van der Waals surface area contributed by atoms with Gasteiger partial charge in [0.25, 0.3) is 0 Å². The highest BCUT2D eigenvalue weighted by Crippen LogP contribution is 2.28. The SMILES string of the molecule is O=[N+]([O-])c1cn(C2CCOCC2)nc1O. The molecule has 1 fully saturated rings. The Morgan fingerprint density at radius 3 is 2.80 bits per heavy atom. The van der Waals surface area contributed by atoms with Gasteiger partial charge in [0.05, 0.1) is 11.0 Å². The van der Waals surface area contributed by atoms with Crippen LogP contribution in [0.2, 0.25) is 0 Å². The average molecular weight is 213 g/mol. The Morgan fingerprint density at radius 1 is 1.60 bits per heavy atom. The summed E-state index contributed by atoms with van der Waals surface area (Å²) in [4.78, 5) is 9.84. The molecule has 1 aliphatic heterocycles. The highest BCUT2D eigenvalue weighted by molar-refractivity contribution is 5.37. The fourth-order valence-corrected chi connectivity index (χ4v) is 1.64. The standard InChI is InChI=1S/C8H11N3O4/c12-8-7(11(13)14)5-10(9-8)6-1-3-15-4-2-6/h5-6H,1-4H2,(H,9,12). The summed E-state index contributed by atoms with van der Waals surface area (Å²) in [6.45, 7) is 1.25. The van der Waals surface area contributed by atoms with Gasteiger partial charge in [0.15, 0.2) is 0 Å². The topological polar surface area (TPSA) is 90.4 Å². The third-order valence-electron chi connectivity index (χ3n) is 2.46. The number of nitrogens with zero attached hydrogens (tertiary/aromatic N) is 3. The second kappa shape index (κ2) is 3.85. The number of aromatic hydroxyl groups is 1. The highest BCUT2D eigenvalue weighted by Gasteiger charge is 2.23. The molecule has 7 heteroatoms. The minimum atomic E-state index is -0.641. The summed E-state index contributed by atoms with van der Waals surface area (Å²) >= 11 is 0. The first-order chi connectivity index (χ1) is 7.18. The van der Waals surface area contributed by atoms with Crippen molar-refractivity contribution in [1.29, 1.82) is 0 Å². The van der Waals surface area contributed by atoms with Gasteiger partial charge >= 0.3 is 11.6 Å². The predicted octanol–water partition coefficient (Wildman–Crippen LogP) is 0.848. The minimum Gasteiger partial charge on any atom is -0.487 e. The lowest BCUT2D eigenvalue weighted by Crippen LogP contribution is -2.19. The van der Waals surface area contributed by atoms with Crippen LogP contribution in [0.1, 0.15) is 18.9 Å². The molecule has 82 valence electrons. The molecular weight excluding hydrogens is 202 g/mol. The molecule has 0 saturated carbocycles. The zero-order valence-corrected chi connectivity index (χ0v) is 8.00. The maximum Gasteiger partial charge on any atom is 0.349 e. The van der Waals surface area contributed by atoms with Crippen molar-refractivity contribution in [2.45, 2.75) is 18.9 Å². The van der Waals surface area contributed by atoms with E-state index in [-0.39, 0.29) is 11.7 Å². The zero-order valence-electron chi connectivity index (χ0n) is 8.00. The lowest BCUT2D eigenvalue weighted by molar-refractivity contribution is -0.386. The van der Waals surface area contributed by atoms with E-state index in [4.69, 9.17) is 4.74 Å². The van der Waals surface area contributed by atoms with Crippen molar-refractivity contribution in [1.82, 2.24) is 9.78 Å². The van der Waals surface area contributed by atoms with Crippen molar-refractivity contribution < 1.29 is 14.8 Å². The van der Waals surface area contributed by atoms with Crippen LogP contribution in [-0.2, 0) is 4.74 Å². The maximum absolute atomic E-state index is 10.5. The first-order valence-electron chi connectivity index (χ1n) is 4.68. The second-order valence-corrected chi connectivity index (χ2v) is 3.42. The average Bonchev–Trinajstić information content (AvgIpc) is 2.62. The monoisotopic (exact) mass is 213 g/mol. The number of hydrogen-bond donors (Lipinski definition) is 1. The summed E-state index contributed by atoms with van der Waals surface area (Å²) in [5.41, 5.74) is -0.346. The predicted molar refractivity (Wildman–Crippen MR) is 49.6 cm³/mol. The molecule has 0 spiro atoms. The van der Waals surface area contributed by atoms with Crippen LogP contribution >= 0.6 is 0 Å². The molecule has 0 radical (unpaired) electrons. The van der Waals surface area contributed by atoms with E-state index < -0.39 is 10.8 Å². The van der Waals surface area contributed by atoms with Crippen molar-refractivity contribution >= 4 is 5.69 Å². The number of rotatable bonds is 2. The molecule has 2 heterocycles. The Bertz CT molecular complexity index is 370. The number of nitro groups is 1. The van der Waals surface area contributed by atoms with Gasteiger partial charge in [-0.2, -0.15) is 0 Å². The van der Waals surface area contributed by atoms with Crippen molar-refractivity contribution in [3.05, 3.63) is 16.3 Å². The number of hydrogen-bond acceptors (Lipinski definition) is 5. The first-order valence-corrected chi connectivity index (χ1v) is 4.68. The van der Waals surface area contributed by atoms with E-state index in [1.165, 1.54) is 10.9 Å². The molecule has 15 heavy (non-hydrogen) atoms. The molecule has 1 aliphatic rings. The van der Waals surface area contributed by atoms with Crippen LogP contribution in [0.5, 0.6) is 5.88 Å². The summed E-state index contributed by atoms with van der Waals surface area (Å²) in [6.07, 6.45) is 2.79. The van der Waals surface area contributed by atoms with E-state index >= 15 is 0 Å². The Labute approximate surface area is 85.4 Å². The minimum absolute atomic E-state index is 0.0818. The lowest BCUT2D eigenvalue weighted by Gasteiger charge is -2.21. The molecule has 0 aromatic carbocycles. The summed E-state index contributed by atoms with van der Waals surface area (Å²) < 4.78 is 6.62. The molecule has 0 aliphatic carbocycles. The molecule has 1 aromatic heterocycles. The molecule has 0 bridgehead atoms. The fourth-order valence-electron chi connectivity index (χ4n) is 1.64. The number of aromatic nitrogens is 2. The Kier molecular flexibility index (Phi) is 2.55. The van der Waals surface area contributed by atoms with Crippen molar-refractivity contribution in [3.63, 3.8) is 0 Å². The highest BCUT2D eigenvalue weighted by atomic mass is 16.6. The smallest absolute Gasteiger partial charge is 0.349 e. The summed E-state index contributed by atoms with van der Waals surface area (Å²) in [6, 6.07) is 0.0818. The van der Waals surface area contributed by atoms with Crippen LogP contribution in [0.4, 0.5) is 5.69 Å². The molecule has 0 unspecified atom stereocenters. The van der Waals surface area contributed by atoms with Gasteiger partial charge in [-0.25, -0.2) is 0 Å². The van der Waals surface area contributed by atoms with Gasteiger partial charge < -0.3 is 9.84 Å². The molecule has 7 nitrogen and oxygen atoms in total. The van der Waals surface area contributed by atoms with E-state index in [1.807, 2.05) is 0 Å². The van der Waals surface area contributed by atoms with Gasteiger partial charge in [-0.1, -0.05) is 0 Å². The number of ether oxygens (including phenoxy) is 1. The van der Waals surface area contributed by atoms with E-state index in [1.54, 1.807) is 0 Å². The third-order valence-corrected chi connectivity index (χ3v) is 2.46. The maximum atomic E-state index is 10.5. The zero-order chi connectivity index (χ0) is 10.8. The Balaban J connectivity index is 2.21. The van der Waals surface area contributed by atoms with Crippen molar-refractivity contribution in [2.24, 2.45) is 0 Å². The molecule has 0 atom stereocenters. The van der Waals surface area contributed by atoms with E-state index in [0.717, 1.165) is 12.8 Å². The van der Waals surface area contributed by atoms with Gasteiger partial charge in [0, 0.05) is 13.2 Å². The van der Waals surface area contributed by atoms with Gasteiger partial charge in [0.1, 0.15) is 6.20 Å². The van der Waals surface area contributed by atoms with Crippen LogP contribution in [0.3, 0.4) is 0 Å². The van der Waals surface area contributed by atoms with Crippen LogP contribution in [0.25, 0.3) is 0 Å². The van der Waals surface area contributed by atoms with Crippen molar-refractivity contribution in [3.8, 4) is 5.88 Å². The second-order valence-electron chi connectivity index (χ2n) is 3.42. The van der Waals surface area contributed by atoms with E-state index in [9.17, 15) is 15.2 Å². The van der Waals surface area contributed by atoms with Crippen LogP contribution < -0.4 is 0 Å². The first kappa shape index (κ1) is 9.91. The van der Waals surface area contributed by atoms with Gasteiger partial charge in [-0.15, -0.1) is 5.10 Å². The molecular formula is C8H11N3O4. The van der Waals surface area contributed by atoms with Gasteiger partial charge in [-0.05, 0) is 12.8 Å². The van der Waals surface area contributed by atoms with Gasteiger partial charge in [-0.3, -0.25) is 14.8 Å². The molecule has 1 N–H and O–H groups in total. The van der Waals surface area contributed by atoms with Crippen molar-refractivity contribution in [2.75, 3.05) is 13.2 Å².